The number of aryl methyl sites for hydroxylation is 1. The molecule has 2 aromatic rings. The maximum absolute atomic E-state index is 12.8. The average molecular weight is 391 g/mol. The molecule has 0 unspecified atom stereocenters. The van der Waals surface area contributed by atoms with Crippen molar-refractivity contribution in [2.75, 3.05) is 19.9 Å². The number of fused-ring (bicyclic) bond motifs is 1. The van der Waals surface area contributed by atoms with Crippen LogP contribution < -0.4 is 14.2 Å². The first-order valence-electron chi connectivity index (χ1n) is 8.59. The quantitative estimate of drug-likeness (QED) is 0.556. The van der Waals surface area contributed by atoms with Crippen LogP contribution in [-0.4, -0.2) is 38.6 Å². The highest BCUT2D eigenvalue weighted by molar-refractivity contribution is 7.89. The SMILES string of the molecule is CCN(CC)S(=O)(=O)c1cc(C(=O)Oc2ccc3c(c2)OCO3)ccc1C. The van der Waals surface area contributed by atoms with Gasteiger partial charge in [-0.15, -0.1) is 0 Å². The molecule has 2 aromatic carbocycles. The largest absolute Gasteiger partial charge is 0.454 e. The summed E-state index contributed by atoms with van der Waals surface area (Å²) in [6.07, 6.45) is 0. The van der Waals surface area contributed by atoms with Crippen LogP contribution in [0.3, 0.4) is 0 Å². The zero-order valence-electron chi connectivity index (χ0n) is 15.4. The smallest absolute Gasteiger partial charge is 0.343 e. The molecule has 0 bridgehead atoms. The maximum Gasteiger partial charge on any atom is 0.343 e. The van der Waals surface area contributed by atoms with E-state index in [-0.39, 0.29) is 23.0 Å². The molecule has 0 saturated heterocycles. The summed E-state index contributed by atoms with van der Waals surface area (Å²) in [5, 5.41) is 0. The van der Waals surface area contributed by atoms with Crippen molar-refractivity contribution in [2.45, 2.75) is 25.7 Å². The van der Waals surface area contributed by atoms with Gasteiger partial charge in [0.25, 0.3) is 0 Å². The summed E-state index contributed by atoms with van der Waals surface area (Å²) in [6.45, 7) is 6.07. The van der Waals surface area contributed by atoms with Crippen LogP contribution in [-0.2, 0) is 10.0 Å². The van der Waals surface area contributed by atoms with E-state index in [0.717, 1.165) is 0 Å². The molecule has 0 N–H and O–H groups in total. The molecule has 0 atom stereocenters. The van der Waals surface area contributed by atoms with Gasteiger partial charge in [-0.3, -0.25) is 0 Å². The monoisotopic (exact) mass is 391 g/mol. The van der Waals surface area contributed by atoms with E-state index in [0.29, 0.717) is 30.2 Å². The molecule has 0 saturated carbocycles. The molecule has 1 aliphatic heterocycles. The first kappa shape index (κ1) is 19.2. The molecule has 8 heteroatoms. The van der Waals surface area contributed by atoms with E-state index in [1.165, 1.54) is 10.4 Å². The number of esters is 1. The second-order valence-corrected chi connectivity index (χ2v) is 7.88. The zero-order valence-corrected chi connectivity index (χ0v) is 16.2. The number of benzene rings is 2. The molecule has 3 rings (SSSR count). The van der Waals surface area contributed by atoms with Gasteiger partial charge >= 0.3 is 5.97 Å². The Labute approximate surface area is 158 Å². The lowest BCUT2D eigenvalue weighted by atomic mass is 10.1. The third-order valence-corrected chi connectivity index (χ3v) is 6.49. The van der Waals surface area contributed by atoms with Gasteiger partial charge < -0.3 is 14.2 Å². The van der Waals surface area contributed by atoms with Crippen LogP contribution in [0, 0.1) is 6.92 Å². The van der Waals surface area contributed by atoms with E-state index in [1.54, 1.807) is 51.1 Å². The molecule has 0 aromatic heterocycles. The van der Waals surface area contributed by atoms with Crippen molar-refractivity contribution in [2.24, 2.45) is 0 Å². The number of rotatable bonds is 6. The second-order valence-electron chi connectivity index (χ2n) is 5.97. The number of carbonyl (C=O) groups excluding carboxylic acids is 1. The summed E-state index contributed by atoms with van der Waals surface area (Å²) in [6, 6.07) is 9.31. The van der Waals surface area contributed by atoms with E-state index in [4.69, 9.17) is 14.2 Å². The van der Waals surface area contributed by atoms with Crippen molar-refractivity contribution in [3.63, 3.8) is 0 Å². The van der Waals surface area contributed by atoms with E-state index >= 15 is 0 Å². The van der Waals surface area contributed by atoms with E-state index in [1.807, 2.05) is 0 Å². The standard InChI is InChI=1S/C19H21NO6S/c1-4-20(5-2)27(22,23)18-10-14(7-6-13(18)3)19(21)26-15-8-9-16-17(11-15)25-12-24-16/h6-11H,4-5,12H2,1-3H3. The number of carbonyl (C=O) groups is 1. The normalized spacial score (nSPS) is 13.0. The highest BCUT2D eigenvalue weighted by atomic mass is 32.2. The van der Waals surface area contributed by atoms with E-state index in [9.17, 15) is 13.2 Å². The molecular formula is C19H21NO6S. The molecule has 1 heterocycles. The summed E-state index contributed by atoms with van der Waals surface area (Å²) < 4.78 is 42.8. The minimum absolute atomic E-state index is 0.103. The Morgan fingerprint density at radius 1 is 1.07 bits per heavy atom. The molecule has 0 aliphatic carbocycles. The van der Waals surface area contributed by atoms with Gasteiger partial charge in [-0.1, -0.05) is 19.9 Å². The summed E-state index contributed by atoms with van der Waals surface area (Å²) in [5.74, 6) is 0.717. The Kier molecular flexibility index (Phi) is 5.38. The number of sulfonamides is 1. The Morgan fingerprint density at radius 3 is 2.48 bits per heavy atom. The van der Waals surface area contributed by atoms with Gasteiger partial charge in [0.2, 0.25) is 16.8 Å². The van der Waals surface area contributed by atoms with Gasteiger partial charge in [0.05, 0.1) is 10.5 Å². The molecule has 1 aliphatic rings. The summed E-state index contributed by atoms with van der Waals surface area (Å²) in [7, 11) is -3.68. The molecule has 0 radical (unpaired) electrons. The Hall–Kier alpha value is -2.58. The van der Waals surface area contributed by atoms with Gasteiger partial charge in [0, 0.05) is 19.2 Å². The molecule has 144 valence electrons. The Bertz CT molecular complexity index is 966. The van der Waals surface area contributed by atoms with Gasteiger partial charge in [0.1, 0.15) is 5.75 Å². The molecular weight excluding hydrogens is 370 g/mol. The van der Waals surface area contributed by atoms with Gasteiger partial charge in [0.15, 0.2) is 11.5 Å². The number of hydrogen-bond donors (Lipinski definition) is 0. The third-order valence-electron chi connectivity index (χ3n) is 4.30. The minimum Gasteiger partial charge on any atom is -0.454 e. The maximum atomic E-state index is 12.8. The van der Waals surface area contributed by atoms with Crippen molar-refractivity contribution < 1.29 is 27.4 Å². The number of ether oxygens (including phenoxy) is 3. The predicted molar refractivity (Wildman–Crippen MR) is 98.8 cm³/mol. The van der Waals surface area contributed by atoms with E-state index < -0.39 is 16.0 Å². The lowest BCUT2D eigenvalue weighted by molar-refractivity contribution is 0.0734. The number of hydrogen-bond acceptors (Lipinski definition) is 6. The van der Waals surface area contributed by atoms with Crippen LogP contribution in [0.2, 0.25) is 0 Å². The van der Waals surface area contributed by atoms with Crippen LogP contribution in [0.1, 0.15) is 29.8 Å². The van der Waals surface area contributed by atoms with Crippen molar-refractivity contribution in [1.29, 1.82) is 0 Å². The molecule has 0 amide bonds. The van der Waals surface area contributed by atoms with Crippen LogP contribution >= 0.6 is 0 Å². The van der Waals surface area contributed by atoms with Crippen molar-refractivity contribution in [3.8, 4) is 17.2 Å². The summed E-state index contributed by atoms with van der Waals surface area (Å²) in [5.41, 5.74) is 0.727. The van der Waals surface area contributed by atoms with Crippen molar-refractivity contribution in [3.05, 3.63) is 47.5 Å². The fourth-order valence-corrected chi connectivity index (χ4v) is 4.52. The minimum atomic E-state index is -3.68. The predicted octanol–water partition coefficient (Wildman–Crippen LogP) is 2.97. The fourth-order valence-electron chi connectivity index (χ4n) is 2.81. The summed E-state index contributed by atoms with van der Waals surface area (Å²) in [4.78, 5) is 12.6. The zero-order chi connectivity index (χ0) is 19.6. The Balaban J connectivity index is 1.88. The van der Waals surface area contributed by atoms with Crippen LogP contribution in [0.25, 0.3) is 0 Å². The average Bonchev–Trinajstić information content (AvgIpc) is 3.10. The molecule has 27 heavy (non-hydrogen) atoms. The summed E-state index contributed by atoms with van der Waals surface area (Å²) >= 11 is 0. The van der Waals surface area contributed by atoms with Crippen LogP contribution in [0.15, 0.2) is 41.3 Å². The third kappa shape index (κ3) is 3.77. The first-order chi connectivity index (χ1) is 12.9. The lowest BCUT2D eigenvalue weighted by Crippen LogP contribution is -2.31. The van der Waals surface area contributed by atoms with Crippen LogP contribution in [0.5, 0.6) is 17.2 Å². The van der Waals surface area contributed by atoms with E-state index in [2.05, 4.69) is 0 Å². The van der Waals surface area contributed by atoms with Gasteiger partial charge in [-0.25, -0.2) is 13.2 Å². The lowest BCUT2D eigenvalue weighted by Gasteiger charge is -2.20. The topological polar surface area (TPSA) is 82.1 Å². The highest BCUT2D eigenvalue weighted by Crippen LogP contribution is 2.35. The van der Waals surface area contributed by atoms with Crippen molar-refractivity contribution >= 4 is 16.0 Å². The number of nitrogens with zero attached hydrogens (tertiary/aromatic N) is 1. The molecule has 7 nitrogen and oxygen atoms in total. The van der Waals surface area contributed by atoms with Crippen molar-refractivity contribution in [1.82, 2.24) is 4.31 Å². The second kappa shape index (κ2) is 7.58. The highest BCUT2D eigenvalue weighted by Gasteiger charge is 2.25. The Morgan fingerprint density at radius 2 is 1.78 bits per heavy atom. The van der Waals surface area contributed by atoms with Gasteiger partial charge in [-0.05, 0) is 36.8 Å². The van der Waals surface area contributed by atoms with Crippen LogP contribution in [0.4, 0.5) is 0 Å². The molecule has 0 fully saturated rings. The molecule has 0 spiro atoms. The van der Waals surface area contributed by atoms with Gasteiger partial charge in [-0.2, -0.15) is 4.31 Å². The first-order valence-corrected chi connectivity index (χ1v) is 10.0. The fraction of sp³-hybridized carbons (Fsp3) is 0.316.